The van der Waals surface area contributed by atoms with Gasteiger partial charge in [0.15, 0.2) is 0 Å². The van der Waals surface area contributed by atoms with Crippen LogP contribution in [0, 0.1) is 0 Å². The third-order valence-electron chi connectivity index (χ3n) is 3.77. The number of benzene rings is 1. The van der Waals surface area contributed by atoms with Crippen molar-refractivity contribution >= 4 is 17.7 Å². The monoisotopic (exact) mass is 472 g/mol. The van der Waals surface area contributed by atoms with Crippen molar-refractivity contribution in [2.45, 2.75) is 0 Å². The summed E-state index contributed by atoms with van der Waals surface area (Å²) >= 11 is 0. The molecule has 1 aromatic rings. The summed E-state index contributed by atoms with van der Waals surface area (Å²) in [6.07, 6.45) is 0. The molecule has 0 bridgehead atoms. The maximum atomic E-state index is 11.8. The van der Waals surface area contributed by atoms with Crippen LogP contribution < -0.4 is 0 Å². The molecular formula is C22H32O11. The van der Waals surface area contributed by atoms with Crippen LogP contribution in [0.25, 0.3) is 0 Å². The smallest absolute Gasteiger partial charge is 0.379 e. The van der Waals surface area contributed by atoms with Crippen LogP contribution in [0.1, 0.15) is 10.4 Å². The highest BCUT2D eigenvalue weighted by Crippen LogP contribution is 2.01. The topological polar surface area (TPSA) is 136 Å². The molecule has 0 aliphatic carbocycles. The number of ketones is 1. The van der Waals surface area contributed by atoms with E-state index in [-0.39, 0.29) is 32.0 Å². The number of carboxylic acid groups (broad SMARTS) is 1. The van der Waals surface area contributed by atoms with E-state index < -0.39 is 17.7 Å². The second kappa shape index (κ2) is 20.2. The van der Waals surface area contributed by atoms with Crippen LogP contribution >= 0.6 is 0 Å². The molecule has 0 unspecified atom stereocenters. The van der Waals surface area contributed by atoms with Gasteiger partial charge in [-0.25, -0.2) is 9.59 Å². The first-order valence-corrected chi connectivity index (χ1v) is 10.6. The molecule has 186 valence electrons. The predicted octanol–water partition coefficient (Wildman–Crippen LogP) is 0.597. The van der Waals surface area contributed by atoms with Gasteiger partial charge in [0.2, 0.25) is 0 Å². The lowest BCUT2D eigenvalue weighted by Gasteiger charge is -2.08. The van der Waals surface area contributed by atoms with Crippen molar-refractivity contribution in [1.29, 1.82) is 0 Å². The molecule has 33 heavy (non-hydrogen) atoms. The van der Waals surface area contributed by atoms with E-state index in [0.29, 0.717) is 59.5 Å². The number of hydrogen-bond donors (Lipinski definition) is 1. The van der Waals surface area contributed by atoms with E-state index in [1.165, 1.54) is 0 Å². The average molecular weight is 472 g/mol. The third kappa shape index (κ3) is 16.8. The summed E-state index contributed by atoms with van der Waals surface area (Å²) in [6.45, 7) is 3.53. The largest absolute Gasteiger partial charge is 0.480 e. The van der Waals surface area contributed by atoms with Crippen LogP contribution in [0.3, 0.4) is 0 Å². The van der Waals surface area contributed by atoms with Gasteiger partial charge >= 0.3 is 11.9 Å². The van der Waals surface area contributed by atoms with Gasteiger partial charge in [0.25, 0.3) is 5.78 Å². The SMILES string of the molecule is O=C(O)COCCOCCOCCOCCOCCOCCOC(=O)C(=O)c1ccccc1. The van der Waals surface area contributed by atoms with Gasteiger partial charge in [-0.05, 0) is 0 Å². The van der Waals surface area contributed by atoms with E-state index in [0.717, 1.165) is 0 Å². The molecule has 11 nitrogen and oxygen atoms in total. The first-order chi connectivity index (χ1) is 16.1. The van der Waals surface area contributed by atoms with E-state index in [1.54, 1.807) is 30.3 Å². The average Bonchev–Trinajstić information content (AvgIpc) is 2.82. The number of ether oxygens (including phenoxy) is 7. The standard InChI is InChI=1S/C22H32O11/c23-20(24)18-32-15-14-30-11-10-28-7-6-27-8-9-29-12-13-31-16-17-33-22(26)21(25)19-4-2-1-3-5-19/h1-5H,6-18H2,(H,23,24). The van der Waals surface area contributed by atoms with Gasteiger partial charge in [-0.3, -0.25) is 4.79 Å². The molecule has 0 saturated carbocycles. The highest BCUT2D eigenvalue weighted by atomic mass is 16.6. The van der Waals surface area contributed by atoms with Crippen LogP contribution in [0.15, 0.2) is 30.3 Å². The molecule has 0 spiro atoms. The number of carboxylic acids is 1. The highest BCUT2D eigenvalue weighted by Gasteiger charge is 2.16. The molecule has 1 aromatic carbocycles. The van der Waals surface area contributed by atoms with Gasteiger partial charge in [-0.15, -0.1) is 0 Å². The van der Waals surface area contributed by atoms with E-state index in [1.807, 2.05) is 0 Å². The molecule has 0 amide bonds. The van der Waals surface area contributed by atoms with E-state index in [9.17, 15) is 14.4 Å². The lowest BCUT2D eigenvalue weighted by atomic mass is 10.1. The number of esters is 1. The summed E-state index contributed by atoms with van der Waals surface area (Å²) in [4.78, 5) is 33.7. The van der Waals surface area contributed by atoms with Gasteiger partial charge in [0.1, 0.15) is 13.2 Å². The molecule has 0 heterocycles. The molecule has 0 radical (unpaired) electrons. The molecule has 0 atom stereocenters. The zero-order valence-electron chi connectivity index (χ0n) is 18.6. The fourth-order valence-corrected chi connectivity index (χ4v) is 2.23. The van der Waals surface area contributed by atoms with E-state index in [4.69, 9.17) is 38.3 Å². The Bertz CT molecular complexity index is 651. The Balaban J connectivity index is 1.76. The molecule has 11 heteroatoms. The molecule has 0 fully saturated rings. The fourth-order valence-electron chi connectivity index (χ4n) is 2.23. The first kappa shape index (κ1) is 28.6. The Morgan fingerprint density at radius 3 is 1.39 bits per heavy atom. The summed E-state index contributed by atoms with van der Waals surface area (Å²) < 4.78 is 36.2. The number of carbonyl (C=O) groups excluding carboxylic acids is 2. The van der Waals surface area contributed by atoms with Crippen molar-refractivity contribution in [3.05, 3.63) is 35.9 Å². The molecule has 1 N–H and O–H groups in total. The van der Waals surface area contributed by atoms with Crippen molar-refractivity contribution in [3.8, 4) is 0 Å². The minimum Gasteiger partial charge on any atom is -0.480 e. The zero-order valence-corrected chi connectivity index (χ0v) is 18.6. The molecule has 1 rings (SSSR count). The minimum absolute atomic E-state index is 0.00986. The molecule has 0 aromatic heterocycles. The Kier molecular flexibility index (Phi) is 17.5. The van der Waals surface area contributed by atoms with Crippen molar-refractivity contribution < 1.29 is 52.6 Å². The maximum Gasteiger partial charge on any atom is 0.379 e. The third-order valence-corrected chi connectivity index (χ3v) is 3.77. The second-order valence-corrected chi connectivity index (χ2v) is 6.34. The van der Waals surface area contributed by atoms with Crippen LogP contribution in [-0.2, 0) is 42.7 Å². The maximum absolute atomic E-state index is 11.8. The molecule has 0 aliphatic heterocycles. The van der Waals surface area contributed by atoms with Crippen molar-refractivity contribution in [2.24, 2.45) is 0 Å². The second-order valence-electron chi connectivity index (χ2n) is 6.34. The zero-order chi connectivity index (χ0) is 24.0. The van der Waals surface area contributed by atoms with Crippen molar-refractivity contribution in [1.82, 2.24) is 0 Å². The predicted molar refractivity (Wildman–Crippen MR) is 114 cm³/mol. The number of Topliss-reactive ketones (excluding diaryl/α,β-unsaturated/α-hetero) is 1. The Hall–Kier alpha value is -2.41. The summed E-state index contributed by atoms with van der Waals surface area (Å²) in [5.74, 6) is -2.60. The quantitative estimate of drug-likeness (QED) is 0.110. The van der Waals surface area contributed by atoms with Crippen LogP contribution in [0.2, 0.25) is 0 Å². The molecular weight excluding hydrogens is 440 g/mol. The van der Waals surface area contributed by atoms with Gasteiger partial charge in [-0.1, -0.05) is 30.3 Å². The molecule has 0 aliphatic rings. The van der Waals surface area contributed by atoms with Gasteiger partial charge in [0.05, 0.1) is 72.7 Å². The van der Waals surface area contributed by atoms with Crippen LogP contribution in [0.5, 0.6) is 0 Å². The summed E-state index contributed by atoms with van der Waals surface area (Å²) in [7, 11) is 0. The lowest BCUT2D eigenvalue weighted by Crippen LogP contribution is -2.20. The normalized spacial score (nSPS) is 10.8. The first-order valence-electron chi connectivity index (χ1n) is 10.6. The van der Waals surface area contributed by atoms with E-state index in [2.05, 4.69) is 0 Å². The lowest BCUT2D eigenvalue weighted by molar-refractivity contribution is -0.143. The Morgan fingerprint density at radius 1 is 0.576 bits per heavy atom. The number of aliphatic carboxylic acids is 1. The van der Waals surface area contributed by atoms with Crippen molar-refractivity contribution in [2.75, 3.05) is 85.9 Å². The number of hydrogen-bond acceptors (Lipinski definition) is 10. The highest BCUT2D eigenvalue weighted by molar-refractivity contribution is 6.40. The Morgan fingerprint density at radius 2 is 0.970 bits per heavy atom. The Labute approximate surface area is 192 Å². The van der Waals surface area contributed by atoms with Gasteiger partial charge < -0.3 is 38.3 Å². The van der Waals surface area contributed by atoms with Gasteiger partial charge in [-0.2, -0.15) is 0 Å². The van der Waals surface area contributed by atoms with Crippen LogP contribution in [-0.4, -0.2) is 109 Å². The van der Waals surface area contributed by atoms with E-state index >= 15 is 0 Å². The van der Waals surface area contributed by atoms with Crippen molar-refractivity contribution in [3.63, 3.8) is 0 Å². The number of rotatable bonds is 22. The summed E-state index contributed by atoms with van der Waals surface area (Å²) in [5, 5.41) is 8.38. The van der Waals surface area contributed by atoms with Gasteiger partial charge in [0, 0.05) is 5.56 Å². The summed E-state index contributed by atoms with van der Waals surface area (Å²) in [6, 6.07) is 8.21. The summed E-state index contributed by atoms with van der Waals surface area (Å²) in [5.41, 5.74) is 0.289. The van der Waals surface area contributed by atoms with Crippen LogP contribution in [0.4, 0.5) is 0 Å². The fraction of sp³-hybridized carbons (Fsp3) is 0.591. The molecule has 0 saturated heterocycles. The minimum atomic E-state index is -1.01. The number of carbonyl (C=O) groups is 3.